The minimum atomic E-state index is -0.0745. The van der Waals surface area contributed by atoms with Gasteiger partial charge in [-0.1, -0.05) is 43.8 Å². The highest BCUT2D eigenvalue weighted by molar-refractivity contribution is 7.98. The maximum atomic E-state index is 12.3. The van der Waals surface area contributed by atoms with Gasteiger partial charge in [0.1, 0.15) is 0 Å². The molecule has 0 aliphatic heterocycles. The molecule has 0 fully saturated rings. The molecule has 5 rings (SSSR count). The van der Waals surface area contributed by atoms with Gasteiger partial charge in [0.2, 0.25) is 0 Å². The first kappa shape index (κ1) is 20.6. The van der Waals surface area contributed by atoms with E-state index in [1.807, 2.05) is 29.6 Å². The Morgan fingerprint density at radius 3 is 2.81 bits per heavy atom. The predicted molar refractivity (Wildman–Crippen MR) is 128 cm³/mol. The lowest BCUT2D eigenvalue weighted by molar-refractivity contribution is 0.818. The summed E-state index contributed by atoms with van der Waals surface area (Å²) < 4.78 is 3.63. The Bertz CT molecular complexity index is 1440. The van der Waals surface area contributed by atoms with E-state index in [9.17, 15) is 4.79 Å². The molecule has 32 heavy (non-hydrogen) atoms. The van der Waals surface area contributed by atoms with Crippen molar-refractivity contribution in [3.63, 3.8) is 0 Å². The Labute approximate surface area is 192 Å². The Morgan fingerprint density at radius 1 is 1.12 bits per heavy atom. The van der Waals surface area contributed by atoms with Crippen molar-refractivity contribution < 1.29 is 0 Å². The smallest absolute Gasteiger partial charge is 0.258 e. The van der Waals surface area contributed by atoms with Crippen molar-refractivity contribution in [2.24, 2.45) is 0 Å². The summed E-state index contributed by atoms with van der Waals surface area (Å²) in [4.78, 5) is 21.9. The van der Waals surface area contributed by atoms with Crippen LogP contribution in [0.1, 0.15) is 31.0 Å². The SMILES string of the molecule is CC(C)c1ccccc1-n1c(SCc2cc(=O)n3ccsc3n2)nnc1-c1cccnc1. The van der Waals surface area contributed by atoms with Crippen molar-refractivity contribution in [2.75, 3.05) is 0 Å². The highest BCUT2D eigenvalue weighted by atomic mass is 32.2. The molecule has 0 radical (unpaired) electrons. The van der Waals surface area contributed by atoms with E-state index in [2.05, 4.69) is 50.7 Å². The molecule has 0 amide bonds. The topological polar surface area (TPSA) is 78.0 Å². The van der Waals surface area contributed by atoms with Crippen LogP contribution in [0, 0.1) is 0 Å². The fourth-order valence-corrected chi connectivity index (χ4v) is 5.12. The normalized spacial score (nSPS) is 11.5. The van der Waals surface area contributed by atoms with E-state index >= 15 is 0 Å². The number of thiazole rings is 1. The lowest BCUT2D eigenvalue weighted by atomic mass is 10.0. The van der Waals surface area contributed by atoms with Crippen LogP contribution in [0.25, 0.3) is 22.0 Å². The number of hydrogen-bond donors (Lipinski definition) is 0. The zero-order valence-corrected chi connectivity index (χ0v) is 19.2. The van der Waals surface area contributed by atoms with Crippen molar-refractivity contribution in [3.05, 3.63) is 88.0 Å². The van der Waals surface area contributed by atoms with Gasteiger partial charge in [-0.2, -0.15) is 0 Å². The molecule has 7 nitrogen and oxygen atoms in total. The fourth-order valence-electron chi connectivity index (χ4n) is 3.54. The van der Waals surface area contributed by atoms with Crippen LogP contribution < -0.4 is 5.56 Å². The summed E-state index contributed by atoms with van der Waals surface area (Å²) in [5.74, 6) is 1.57. The zero-order chi connectivity index (χ0) is 22.1. The number of hydrogen-bond acceptors (Lipinski definition) is 7. The number of aromatic nitrogens is 6. The van der Waals surface area contributed by atoms with Crippen LogP contribution in [-0.4, -0.2) is 29.1 Å². The van der Waals surface area contributed by atoms with E-state index in [0.717, 1.165) is 27.9 Å². The average molecular weight is 461 g/mol. The van der Waals surface area contributed by atoms with Crippen LogP contribution in [0.15, 0.2) is 76.4 Å². The fraction of sp³-hybridized carbons (Fsp3) is 0.174. The van der Waals surface area contributed by atoms with Crippen LogP contribution in [0.2, 0.25) is 0 Å². The maximum absolute atomic E-state index is 12.3. The molecule has 9 heteroatoms. The molecule has 0 saturated carbocycles. The van der Waals surface area contributed by atoms with Gasteiger partial charge in [0.25, 0.3) is 5.56 Å². The molecule has 0 saturated heterocycles. The number of pyridine rings is 1. The quantitative estimate of drug-likeness (QED) is 0.338. The Morgan fingerprint density at radius 2 is 2.00 bits per heavy atom. The molecule has 5 aromatic rings. The van der Waals surface area contributed by atoms with Crippen LogP contribution in [0.4, 0.5) is 0 Å². The van der Waals surface area contributed by atoms with Gasteiger partial charge in [0, 0.05) is 41.4 Å². The summed E-state index contributed by atoms with van der Waals surface area (Å²) in [6, 6.07) is 13.7. The van der Waals surface area contributed by atoms with Crippen molar-refractivity contribution >= 4 is 28.1 Å². The number of benzene rings is 1. The molecule has 0 N–H and O–H groups in total. The second-order valence-corrected chi connectivity index (χ2v) is 9.34. The number of fused-ring (bicyclic) bond motifs is 1. The standard InChI is InChI=1S/C23H20N6OS2/c1-15(2)18-7-3-4-8-19(18)29-21(16-6-5-9-24-13-16)26-27-23(29)32-14-17-12-20(30)28-10-11-31-22(28)25-17/h3-13,15H,14H2,1-2H3. The maximum Gasteiger partial charge on any atom is 0.258 e. The predicted octanol–water partition coefficient (Wildman–Crippen LogP) is 4.81. The molecular weight excluding hydrogens is 440 g/mol. The lowest BCUT2D eigenvalue weighted by Gasteiger charge is -2.16. The van der Waals surface area contributed by atoms with Gasteiger partial charge in [-0.15, -0.1) is 21.5 Å². The monoisotopic (exact) mass is 460 g/mol. The van der Waals surface area contributed by atoms with Gasteiger partial charge >= 0.3 is 0 Å². The van der Waals surface area contributed by atoms with E-state index in [1.54, 1.807) is 29.1 Å². The third-order valence-electron chi connectivity index (χ3n) is 5.06. The van der Waals surface area contributed by atoms with Crippen LogP contribution in [0.3, 0.4) is 0 Å². The van der Waals surface area contributed by atoms with Gasteiger partial charge in [0.15, 0.2) is 15.9 Å². The second kappa shape index (κ2) is 8.68. The second-order valence-electron chi connectivity index (χ2n) is 7.53. The molecule has 0 aliphatic rings. The molecular formula is C23H20N6OS2. The number of rotatable bonds is 6. The molecule has 0 bridgehead atoms. The summed E-state index contributed by atoms with van der Waals surface area (Å²) in [7, 11) is 0. The van der Waals surface area contributed by atoms with Gasteiger partial charge < -0.3 is 0 Å². The minimum Gasteiger partial charge on any atom is -0.270 e. The molecule has 160 valence electrons. The van der Waals surface area contributed by atoms with E-state index in [4.69, 9.17) is 0 Å². The van der Waals surface area contributed by atoms with E-state index in [1.165, 1.54) is 28.7 Å². The summed E-state index contributed by atoms with van der Waals surface area (Å²) in [6.07, 6.45) is 5.28. The molecule has 1 aromatic carbocycles. The highest BCUT2D eigenvalue weighted by Gasteiger charge is 2.20. The zero-order valence-electron chi connectivity index (χ0n) is 17.5. The third-order valence-corrected chi connectivity index (χ3v) is 6.78. The first-order valence-electron chi connectivity index (χ1n) is 10.2. The van der Waals surface area contributed by atoms with Crippen molar-refractivity contribution in [1.29, 1.82) is 0 Å². The molecule has 0 atom stereocenters. The van der Waals surface area contributed by atoms with Gasteiger partial charge in [-0.25, -0.2) is 4.98 Å². The first-order chi connectivity index (χ1) is 15.6. The van der Waals surface area contributed by atoms with Gasteiger partial charge in [0.05, 0.1) is 11.4 Å². The number of thioether (sulfide) groups is 1. The van der Waals surface area contributed by atoms with Crippen LogP contribution in [0.5, 0.6) is 0 Å². The largest absolute Gasteiger partial charge is 0.270 e. The van der Waals surface area contributed by atoms with Crippen LogP contribution >= 0.6 is 23.1 Å². The Hall–Kier alpha value is -3.30. The highest BCUT2D eigenvalue weighted by Crippen LogP contribution is 2.32. The summed E-state index contributed by atoms with van der Waals surface area (Å²) in [5.41, 5.74) is 3.78. The number of nitrogens with zero attached hydrogens (tertiary/aromatic N) is 6. The average Bonchev–Trinajstić information content (AvgIpc) is 3.45. The minimum absolute atomic E-state index is 0.0745. The van der Waals surface area contributed by atoms with E-state index in [0.29, 0.717) is 16.6 Å². The van der Waals surface area contributed by atoms with Crippen molar-refractivity contribution in [3.8, 4) is 17.1 Å². The molecule has 0 spiro atoms. The summed E-state index contributed by atoms with van der Waals surface area (Å²) in [6.45, 7) is 4.35. The molecule has 0 aliphatic carbocycles. The molecule has 0 unspecified atom stereocenters. The van der Waals surface area contributed by atoms with Gasteiger partial charge in [-0.05, 0) is 29.7 Å². The van der Waals surface area contributed by atoms with Gasteiger partial charge in [-0.3, -0.25) is 18.7 Å². The first-order valence-corrected chi connectivity index (χ1v) is 12.0. The summed E-state index contributed by atoms with van der Waals surface area (Å²) >= 11 is 2.96. The Balaban J connectivity index is 1.58. The van der Waals surface area contributed by atoms with Crippen LogP contribution in [-0.2, 0) is 5.75 Å². The van der Waals surface area contributed by atoms with E-state index in [-0.39, 0.29) is 5.56 Å². The molecule has 4 aromatic heterocycles. The summed E-state index contributed by atoms with van der Waals surface area (Å²) in [5, 5.41) is 11.6. The number of para-hydroxylation sites is 1. The van der Waals surface area contributed by atoms with E-state index < -0.39 is 0 Å². The van der Waals surface area contributed by atoms with Crippen molar-refractivity contribution in [1.82, 2.24) is 29.1 Å². The lowest BCUT2D eigenvalue weighted by Crippen LogP contribution is -2.12. The molecule has 4 heterocycles. The van der Waals surface area contributed by atoms with Crippen molar-refractivity contribution in [2.45, 2.75) is 30.7 Å². The third kappa shape index (κ3) is 3.85. The Kier molecular flexibility index (Phi) is 5.59.